The molecule has 3 aliphatic rings. The summed E-state index contributed by atoms with van der Waals surface area (Å²) in [5, 5.41) is 12.9. The van der Waals surface area contributed by atoms with E-state index in [-0.39, 0.29) is 0 Å². The first-order chi connectivity index (χ1) is 11.7. The Bertz CT molecular complexity index is 583. The highest BCUT2D eigenvalue weighted by Crippen LogP contribution is 2.50. The van der Waals surface area contributed by atoms with Crippen LogP contribution >= 0.6 is 0 Å². The average molecular weight is 326 g/mol. The molecule has 2 saturated carbocycles. The van der Waals surface area contributed by atoms with E-state index >= 15 is 0 Å². The Labute approximate surface area is 145 Å². The summed E-state index contributed by atoms with van der Waals surface area (Å²) in [6, 6.07) is 12.2. The van der Waals surface area contributed by atoms with Gasteiger partial charge in [-0.1, -0.05) is 48.9 Å². The zero-order chi connectivity index (χ0) is 16.6. The predicted octanol–water partition coefficient (Wildman–Crippen LogP) is 2.91. The van der Waals surface area contributed by atoms with Crippen molar-refractivity contribution >= 4 is 6.08 Å². The summed E-state index contributed by atoms with van der Waals surface area (Å²) in [5.41, 5.74) is 3.52. The minimum Gasteiger partial charge on any atom is -0.395 e. The third-order valence-electron chi connectivity index (χ3n) is 6.17. The minimum absolute atomic E-state index is 0.301. The monoisotopic (exact) mass is 326 g/mol. The van der Waals surface area contributed by atoms with Gasteiger partial charge in [-0.05, 0) is 42.6 Å². The van der Waals surface area contributed by atoms with E-state index in [0.717, 1.165) is 24.9 Å². The van der Waals surface area contributed by atoms with Crippen molar-refractivity contribution < 1.29 is 5.11 Å². The van der Waals surface area contributed by atoms with Gasteiger partial charge in [0.15, 0.2) is 0 Å². The third kappa shape index (κ3) is 3.30. The van der Waals surface area contributed by atoms with Crippen LogP contribution in [0.4, 0.5) is 0 Å². The van der Waals surface area contributed by atoms with Crippen LogP contribution in [0.5, 0.6) is 0 Å². The fourth-order valence-electron chi connectivity index (χ4n) is 4.89. The van der Waals surface area contributed by atoms with Gasteiger partial charge in [-0.2, -0.15) is 0 Å². The first-order valence-electron chi connectivity index (χ1n) is 9.56. The van der Waals surface area contributed by atoms with Gasteiger partial charge in [-0.3, -0.25) is 4.90 Å². The molecular weight excluding hydrogens is 296 g/mol. The molecule has 2 unspecified atom stereocenters. The number of nitrogens with zero attached hydrogens (tertiary/aromatic N) is 1. The smallest absolute Gasteiger partial charge is 0.0558 e. The number of nitrogens with one attached hydrogen (secondary N) is 1. The third-order valence-corrected chi connectivity index (χ3v) is 6.17. The molecule has 130 valence electrons. The molecular formula is C21H30N2O. The van der Waals surface area contributed by atoms with Gasteiger partial charge in [0.05, 0.1) is 6.61 Å². The molecule has 3 heteroatoms. The summed E-state index contributed by atoms with van der Waals surface area (Å²) in [7, 11) is 0. The van der Waals surface area contributed by atoms with Crippen molar-refractivity contribution in [3.05, 3.63) is 41.5 Å². The number of β-amino-alcohol motifs (C(OH)–C–C–N with tert-alkyl or cyclic N) is 1. The molecule has 0 amide bonds. The molecule has 3 fully saturated rings. The van der Waals surface area contributed by atoms with Crippen LogP contribution in [0, 0.1) is 11.3 Å². The van der Waals surface area contributed by atoms with Gasteiger partial charge >= 0.3 is 0 Å². The Hall–Kier alpha value is -1.16. The topological polar surface area (TPSA) is 35.5 Å². The summed E-state index contributed by atoms with van der Waals surface area (Å²) in [6.07, 6.45) is 7.53. The highest BCUT2D eigenvalue weighted by Gasteiger charge is 2.53. The number of aliphatic hydroxyl groups excluding tert-OH is 1. The van der Waals surface area contributed by atoms with Gasteiger partial charge in [0.2, 0.25) is 0 Å². The number of hydrogen-bond donors (Lipinski definition) is 2. The van der Waals surface area contributed by atoms with Gasteiger partial charge in [0.1, 0.15) is 0 Å². The van der Waals surface area contributed by atoms with Gasteiger partial charge < -0.3 is 10.4 Å². The molecule has 1 spiro atoms. The largest absolute Gasteiger partial charge is 0.395 e. The van der Waals surface area contributed by atoms with E-state index in [1.165, 1.54) is 37.9 Å². The number of likely N-dealkylation sites (tertiary alicyclic amines) is 1. The Morgan fingerprint density at radius 1 is 1.29 bits per heavy atom. The van der Waals surface area contributed by atoms with E-state index < -0.39 is 0 Å². The second-order valence-electron chi connectivity index (χ2n) is 8.14. The summed E-state index contributed by atoms with van der Waals surface area (Å²) >= 11 is 0. The van der Waals surface area contributed by atoms with E-state index in [2.05, 4.69) is 53.5 Å². The summed E-state index contributed by atoms with van der Waals surface area (Å²) in [4.78, 5) is 2.38. The first kappa shape index (κ1) is 16.3. The lowest BCUT2D eigenvalue weighted by Gasteiger charge is -2.59. The molecule has 2 atom stereocenters. The second-order valence-corrected chi connectivity index (χ2v) is 8.14. The minimum atomic E-state index is 0.301. The first-order valence-corrected chi connectivity index (χ1v) is 9.56. The maximum atomic E-state index is 8.99. The quantitative estimate of drug-likeness (QED) is 0.809. The van der Waals surface area contributed by atoms with E-state index in [0.29, 0.717) is 18.1 Å². The Balaban J connectivity index is 1.24. The van der Waals surface area contributed by atoms with Gasteiger partial charge in [-0.15, -0.1) is 0 Å². The lowest BCUT2D eigenvalue weighted by molar-refractivity contribution is -0.0832. The molecule has 3 nitrogen and oxygen atoms in total. The van der Waals surface area contributed by atoms with E-state index in [9.17, 15) is 0 Å². The van der Waals surface area contributed by atoms with Crippen molar-refractivity contribution in [3.8, 4) is 0 Å². The molecule has 1 aromatic carbocycles. The summed E-state index contributed by atoms with van der Waals surface area (Å²) in [5.74, 6) is 0.749. The number of hydrogen-bond acceptors (Lipinski definition) is 3. The van der Waals surface area contributed by atoms with Crippen LogP contribution in [-0.4, -0.2) is 48.3 Å². The molecule has 1 aromatic rings. The molecule has 24 heavy (non-hydrogen) atoms. The van der Waals surface area contributed by atoms with E-state index in [1.807, 2.05) is 0 Å². The highest BCUT2D eigenvalue weighted by atomic mass is 16.3. The van der Waals surface area contributed by atoms with Crippen LogP contribution in [0.1, 0.15) is 38.2 Å². The van der Waals surface area contributed by atoms with E-state index in [4.69, 9.17) is 5.11 Å². The highest BCUT2D eigenvalue weighted by molar-refractivity contribution is 5.54. The number of aliphatic hydroxyl groups is 1. The van der Waals surface area contributed by atoms with Crippen molar-refractivity contribution in [2.24, 2.45) is 11.3 Å². The van der Waals surface area contributed by atoms with Crippen molar-refractivity contribution in [3.63, 3.8) is 0 Å². The number of benzene rings is 1. The van der Waals surface area contributed by atoms with Crippen LogP contribution in [0.2, 0.25) is 0 Å². The molecule has 4 rings (SSSR count). The summed E-state index contributed by atoms with van der Waals surface area (Å²) < 4.78 is 0. The second kappa shape index (κ2) is 6.62. The number of rotatable bonds is 7. The molecule has 0 aromatic heterocycles. The van der Waals surface area contributed by atoms with Crippen LogP contribution in [-0.2, 0) is 0 Å². The zero-order valence-electron chi connectivity index (χ0n) is 14.7. The fraction of sp³-hybridized carbons (Fsp3) is 0.619. The maximum Gasteiger partial charge on any atom is 0.0558 e. The lowest BCUT2D eigenvalue weighted by atomic mass is 9.60. The molecule has 2 N–H and O–H groups in total. The van der Waals surface area contributed by atoms with Crippen LogP contribution in [0.25, 0.3) is 6.08 Å². The fourth-order valence-corrected chi connectivity index (χ4v) is 4.89. The molecule has 0 bridgehead atoms. The van der Waals surface area contributed by atoms with Crippen LogP contribution in [0.3, 0.4) is 0 Å². The molecule has 1 aliphatic heterocycles. The van der Waals surface area contributed by atoms with Crippen molar-refractivity contribution in [1.29, 1.82) is 0 Å². The zero-order valence-corrected chi connectivity index (χ0v) is 14.7. The standard InChI is InChI=1S/C21H30N2O/c1-2-17(10-16-6-4-3-5-7-16)19-11-20(19)22-18-12-21(13-18)14-23(15-21)8-9-24/h3-7,10,18-20,22,24H,2,8-9,11-15H2,1H3/b17-10+. The maximum absolute atomic E-state index is 8.99. The summed E-state index contributed by atoms with van der Waals surface area (Å²) in [6.45, 7) is 5.85. The van der Waals surface area contributed by atoms with E-state index in [1.54, 1.807) is 5.57 Å². The molecule has 2 aliphatic carbocycles. The Morgan fingerprint density at radius 3 is 2.71 bits per heavy atom. The lowest BCUT2D eigenvalue weighted by Crippen LogP contribution is -2.66. The van der Waals surface area contributed by atoms with Gasteiger partial charge in [0.25, 0.3) is 0 Å². The predicted molar refractivity (Wildman–Crippen MR) is 98.7 cm³/mol. The Kier molecular flexibility index (Phi) is 4.50. The molecule has 0 radical (unpaired) electrons. The molecule has 1 heterocycles. The molecule has 1 saturated heterocycles. The SMILES string of the molecule is CC/C(=C\c1ccccc1)C1CC1NC1CC2(C1)CN(CCO)C2. The van der Waals surface area contributed by atoms with Crippen LogP contribution in [0.15, 0.2) is 35.9 Å². The van der Waals surface area contributed by atoms with Gasteiger partial charge in [-0.25, -0.2) is 0 Å². The van der Waals surface area contributed by atoms with Gasteiger partial charge in [0, 0.05) is 31.7 Å². The average Bonchev–Trinajstić information content (AvgIpc) is 3.28. The Morgan fingerprint density at radius 2 is 2.04 bits per heavy atom. The van der Waals surface area contributed by atoms with Crippen molar-refractivity contribution in [2.75, 3.05) is 26.2 Å². The van der Waals surface area contributed by atoms with Crippen molar-refractivity contribution in [2.45, 2.75) is 44.7 Å². The van der Waals surface area contributed by atoms with Crippen LogP contribution < -0.4 is 5.32 Å². The normalized spacial score (nSPS) is 29.3. The van der Waals surface area contributed by atoms with Crippen molar-refractivity contribution in [1.82, 2.24) is 10.2 Å².